The van der Waals surface area contributed by atoms with Gasteiger partial charge in [-0.15, -0.1) is 0 Å². The smallest absolute Gasteiger partial charge is 0.159 e. The number of nitrogens with zero attached hydrogens (tertiary/aromatic N) is 1. The molecule has 0 spiro atoms. The summed E-state index contributed by atoms with van der Waals surface area (Å²) in [5.41, 5.74) is 0.957. The predicted molar refractivity (Wildman–Crippen MR) is 70.7 cm³/mol. The van der Waals surface area contributed by atoms with Crippen molar-refractivity contribution >= 4 is 0 Å². The molecule has 1 aromatic carbocycles. The summed E-state index contributed by atoms with van der Waals surface area (Å²) in [6.07, 6.45) is 0. The van der Waals surface area contributed by atoms with Gasteiger partial charge in [0.25, 0.3) is 0 Å². The molecule has 2 saturated heterocycles. The number of benzene rings is 1. The van der Waals surface area contributed by atoms with Crippen molar-refractivity contribution in [2.75, 3.05) is 19.6 Å². The summed E-state index contributed by atoms with van der Waals surface area (Å²) in [6.45, 7) is 8.37. The van der Waals surface area contributed by atoms with E-state index in [9.17, 15) is 8.78 Å². The van der Waals surface area contributed by atoms with Gasteiger partial charge in [0.15, 0.2) is 11.6 Å². The van der Waals surface area contributed by atoms with E-state index in [1.54, 1.807) is 6.07 Å². The monoisotopic (exact) mass is 266 g/mol. The van der Waals surface area contributed by atoms with E-state index in [-0.39, 0.29) is 5.54 Å². The standard InChI is InChI=1S/C15H20F2N2/c1-15(2)12-7-18-6-11(12)9-19(15)8-10-3-4-13(16)14(17)5-10/h3-5,11-12,18H,6-9H2,1-2H3. The Kier molecular flexibility index (Phi) is 3.10. The van der Waals surface area contributed by atoms with Crippen LogP contribution in [0.3, 0.4) is 0 Å². The van der Waals surface area contributed by atoms with Crippen molar-refractivity contribution in [3.05, 3.63) is 35.4 Å². The van der Waals surface area contributed by atoms with E-state index in [1.807, 2.05) is 0 Å². The minimum absolute atomic E-state index is 0.110. The van der Waals surface area contributed by atoms with Crippen molar-refractivity contribution in [3.8, 4) is 0 Å². The molecule has 2 nitrogen and oxygen atoms in total. The van der Waals surface area contributed by atoms with Gasteiger partial charge in [0.05, 0.1) is 0 Å². The van der Waals surface area contributed by atoms with Crippen molar-refractivity contribution in [1.82, 2.24) is 10.2 Å². The van der Waals surface area contributed by atoms with Crippen LogP contribution in [-0.4, -0.2) is 30.1 Å². The SMILES string of the molecule is CC1(C)C2CNCC2CN1Cc1ccc(F)c(F)c1. The summed E-state index contributed by atoms with van der Waals surface area (Å²) in [7, 11) is 0. The van der Waals surface area contributed by atoms with E-state index in [1.165, 1.54) is 12.1 Å². The third-order valence-corrected chi connectivity index (χ3v) is 4.87. The van der Waals surface area contributed by atoms with Crippen molar-refractivity contribution in [2.24, 2.45) is 11.8 Å². The molecule has 0 saturated carbocycles. The molecular formula is C15H20F2N2. The molecule has 2 heterocycles. The molecule has 2 unspecified atom stereocenters. The van der Waals surface area contributed by atoms with Gasteiger partial charge in [-0.05, 0) is 49.9 Å². The van der Waals surface area contributed by atoms with Gasteiger partial charge in [-0.1, -0.05) is 6.07 Å². The maximum Gasteiger partial charge on any atom is 0.159 e. The Morgan fingerprint density at radius 3 is 2.74 bits per heavy atom. The summed E-state index contributed by atoms with van der Waals surface area (Å²) in [6, 6.07) is 4.22. The minimum Gasteiger partial charge on any atom is -0.316 e. The van der Waals surface area contributed by atoms with E-state index in [2.05, 4.69) is 24.1 Å². The molecule has 2 aliphatic rings. The van der Waals surface area contributed by atoms with Crippen molar-refractivity contribution in [1.29, 1.82) is 0 Å². The van der Waals surface area contributed by atoms with Gasteiger partial charge in [0, 0.05) is 25.2 Å². The summed E-state index contributed by atoms with van der Waals surface area (Å²) < 4.78 is 26.2. The number of fused-ring (bicyclic) bond motifs is 1. The van der Waals surface area contributed by atoms with Gasteiger partial charge in [-0.25, -0.2) is 8.78 Å². The van der Waals surface area contributed by atoms with Crippen LogP contribution in [0.15, 0.2) is 18.2 Å². The van der Waals surface area contributed by atoms with Crippen LogP contribution in [0.25, 0.3) is 0 Å². The van der Waals surface area contributed by atoms with Gasteiger partial charge >= 0.3 is 0 Å². The number of hydrogen-bond donors (Lipinski definition) is 1. The Labute approximate surface area is 112 Å². The van der Waals surface area contributed by atoms with Gasteiger partial charge < -0.3 is 5.32 Å². The Hall–Kier alpha value is -1.00. The first-order chi connectivity index (χ1) is 8.98. The van der Waals surface area contributed by atoms with Crippen LogP contribution in [0, 0.1) is 23.5 Å². The quantitative estimate of drug-likeness (QED) is 0.884. The van der Waals surface area contributed by atoms with Gasteiger partial charge in [0.2, 0.25) is 0 Å². The van der Waals surface area contributed by atoms with Crippen LogP contribution in [-0.2, 0) is 6.54 Å². The Morgan fingerprint density at radius 1 is 1.26 bits per heavy atom. The molecule has 0 aliphatic carbocycles. The number of halogens is 2. The average molecular weight is 266 g/mol. The highest BCUT2D eigenvalue weighted by Crippen LogP contribution is 2.41. The van der Waals surface area contributed by atoms with E-state index >= 15 is 0 Å². The second kappa shape index (κ2) is 4.53. The lowest BCUT2D eigenvalue weighted by Gasteiger charge is -2.35. The fourth-order valence-corrected chi connectivity index (χ4v) is 3.63. The van der Waals surface area contributed by atoms with Gasteiger partial charge in [-0.3, -0.25) is 4.90 Å². The number of nitrogens with one attached hydrogen (secondary N) is 1. The first-order valence-electron chi connectivity index (χ1n) is 6.88. The lowest BCUT2D eigenvalue weighted by molar-refractivity contribution is 0.132. The van der Waals surface area contributed by atoms with E-state index in [4.69, 9.17) is 0 Å². The maximum atomic E-state index is 13.3. The number of hydrogen-bond acceptors (Lipinski definition) is 2. The molecule has 19 heavy (non-hydrogen) atoms. The van der Waals surface area contributed by atoms with Crippen LogP contribution < -0.4 is 5.32 Å². The minimum atomic E-state index is -0.773. The topological polar surface area (TPSA) is 15.3 Å². The Morgan fingerprint density at radius 2 is 2.05 bits per heavy atom. The molecule has 1 N–H and O–H groups in total. The first kappa shape index (κ1) is 13.0. The zero-order valence-electron chi connectivity index (χ0n) is 11.4. The van der Waals surface area contributed by atoms with Crippen LogP contribution in [0.5, 0.6) is 0 Å². The lowest BCUT2D eigenvalue weighted by atomic mass is 9.85. The first-order valence-corrected chi connectivity index (χ1v) is 6.88. The summed E-state index contributed by atoms with van der Waals surface area (Å²) in [4.78, 5) is 2.40. The van der Waals surface area contributed by atoms with Crippen molar-refractivity contribution in [2.45, 2.75) is 25.9 Å². The summed E-state index contributed by atoms with van der Waals surface area (Å²) in [5, 5.41) is 3.44. The summed E-state index contributed by atoms with van der Waals surface area (Å²) in [5.74, 6) is -0.194. The third-order valence-electron chi connectivity index (χ3n) is 4.87. The van der Waals surface area contributed by atoms with E-state index in [0.29, 0.717) is 18.4 Å². The Balaban J connectivity index is 1.78. The van der Waals surface area contributed by atoms with E-state index < -0.39 is 11.6 Å². The molecule has 4 heteroatoms. The predicted octanol–water partition coefficient (Wildman–Crippen LogP) is 2.39. The molecule has 0 aromatic heterocycles. The Bertz CT molecular complexity index is 487. The number of rotatable bonds is 2. The molecule has 3 rings (SSSR count). The van der Waals surface area contributed by atoms with Crippen LogP contribution in [0.2, 0.25) is 0 Å². The number of likely N-dealkylation sites (tertiary alicyclic amines) is 1. The van der Waals surface area contributed by atoms with Crippen LogP contribution in [0.1, 0.15) is 19.4 Å². The largest absolute Gasteiger partial charge is 0.316 e. The fraction of sp³-hybridized carbons (Fsp3) is 0.600. The highest BCUT2D eigenvalue weighted by atomic mass is 19.2. The molecule has 2 atom stereocenters. The van der Waals surface area contributed by atoms with Gasteiger partial charge in [0.1, 0.15) is 0 Å². The molecule has 2 aliphatic heterocycles. The molecule has 1 aromatic rings. The van der Waals surface area contributed by atoms with Crippen molar-refractivity contribution < 1.29 is 8.78 Å². The zero-order chi connectivity index (χ0) is 13.6. The fourth-order valence-electron chi connectivity index (χ4n) is 3.63. The van der Waals surface area contributed by atoms with Crippen LogP contribution in [0.4, 0.5) is 8.78 Å². The highest BCUT2D eigenvalue weighted by Gasteiger charge is 2.49. The molecular weight excluding hydrogens is 246 g/mol. The normalized spacial score (nSPS) is 29.7. The lowest BCUT2D eigenvalue weighted by Crippen LogP contribution is -2.43. The average Bonchev–Trinajstić information content (AvgIpc) is 2.89. The van der Waals surface area contributed by atoms with E-state index in [0.717, 1.165) is 25.2 Å². The second-order valence-electron chi connectivity index (χ2n) is 6.31. The third kappa shape index (κ3) is 2.17. The molecule has 0 radical (unpaired) electrons. The summed E-state index contributed by atoms with van der Waals surface area (Å²) >= 11 is 0. The molecule has 2 fully saturated rings. The van der Waals surface area contributed by atoms with Crippen molar-refractivity contribution in [3.63, 3.8) is 0 Å². The highest BCUT2D eigenvalue weighted by molar-refractivity contribution is 5.19. The zero-order valence-corrected chi connectivity index (χ0v) is 11.4. The molecule has 104 valence electrons. The van der Waals surface area contributed by atoms with Crippen LogP contribution >= 0.6 is 0 Å². The molecule has 0 bridgehead atoms. The second-order valence-corrected chi connectivity index (χ2v) is 6.31. The van der Waals surface area contributed by atoms with Gasteiger partial charge in [-0.2, -0.15) is 0 Å². The maximum absolute atomic E-state index is 13.3. The molecule has 0 amide bonds.